The Labute approximate surface area is 118 Å². The molecule has 20 heavy (non-hydrogen) atoms. The van der Waals surface area contributed by atoms with Gasteiger partial charge in [-0.1, -0.05) is 26.0 Å². The van der Waals surface area contributed by atoms with Crippen LogP contribution in [-0.2, 0) is 0 Å². The summed E-state index contributed by atoms with van der Waals surface area (Å²) in [7, 11) is 0. The number of nitrogens with zero attached hydrogens (tertiary/aromatic N) is 2. The first-order valence-corrected chi connectivity index (χ1v) is 6.83. The van der Waals surface area contributed by atoms with Crippen LogP contribution >= 0.6 is 0 Å². The number of benzene rings is 1. The molecule has 0 spiro atoms. The van der Waals surface area contributed by atoms with E-state index in [9.17, 15) is 4.79 Å². The molecule has 5 nitrogen and oxygen atoms in total. The number of aromatic nitrogens is 2. The topological polar surface area (TPSA) is 80.9 Å². The summed E-state index contributed by atoms with van der Waals surface area (Å²) in [6.45, 7) is 4.63. The molecular weight excluding hydrogens is 252 g/mol. The van der Waals surface area contributed by atoms with Crippen LogP contribution in [0.15, 0.2) is 30.5 Å². The molecule has 0 saturated carbocycles. The van der Waals surface area contributed by atoms with Crippen molar-refractivity contribution in [3.63, 3.8) is 0 Å². The quantitative estimate of drug-likeness (QED) is 0.868. The Morgan fingerprint density at radius 3 is 2.65 bits per heavy atom. The van der Waals surface area contributed by atoms with Crippen LogP contribution in [-0.4, -0.2) is 28.5 Å². The van der Waals surface area contributed by atoms with Gasteiger partial charge in [0, 0.05) is 12.6 Å². The summed E-state index contributed by atoms with van der Waals surface area (Å²) >= 11 is 0. The minimum absolute atomic E-state index is 0.0317. The highest BCUT2D eigenvalue weighted by Crippen LogP contribution is 2.09. The highest BCUT2D eigenvalue weighted by Gasteiger charge is 2.15. The van der Waals surface area contributed by atoms with Gasteiger partial charge in [0.15, 0.2) is 0 Å². The predicted octanol–water partition coefficient (Wildman–Crippen LogP) is 1.73. The Morgan fingerprint density at radius 1 is 1.30 bits per heavy atom. The van der Waals surface area contributed by atoms with Gasteiger partial charge in [0.1, 0.15) is 5.69 Å². The smallest absolute Gasteiger partial charge is 0.271 e. The maximum atomic E-state index is 12.2. The molecule has 2 rings (SSSR count). The third-order valence-corrected chi connectivity index (χ3v) is 3.06. The molecule has 1 aromatic carbocycles. The second-order valence-electron chi connectivity index (χ2n) is 5.28. The standard InChI is InChI=1S/C15H20N4O/c1-10(2)7-11(8-16)18-15(20)14-9-17-12-5-3-4-6-13(12)19-14/h3-6,9-11H,7-8,16H2,1-2H3,(H,18,20). The second-order valence-corrected chi connectivity index (χ2v) is 5.28. The fraction of sp³-hybridized carbons (Fsp3) is 0.400. The van der Waals surface area contributed by atoms with Crippen molar-refractivity contribution >= 4 is 16.9 Å². The monoisotopic (exact) mass is 272 g/mol. The molecule has 1 unspecified atom stereocenters. The third-order valence-electron chi connectivity index (χ3n) is 3.06. The maximum absolute atomic E-state index is 12.2. The number of nitrogens with one attached hydrogen (secondary N) is 1. The zero-order chi connectivity index (χ0) is 14.5. The molecule has 0 bridgehead atoms. The highest BCUT2D eigenvalue weighted by molar-refractivity contribution is 5.93. The van der Waals surface area contributed by atoms with Crippen LogP contribution < -0.4 is 11.1 Å². The number of para-hydroxylation sites is 2. The lowest BCUT2D eigenvalue weighted by Gasteiger charge is -2.18. The SMILES string of the molecule is CC(C)CC(CN)NC(=O)c1cnc2ccccc2n1. The number of carbonyl (C=O) groups excluding carboxylic acids is 1. The summed E-state index contributed by atoms with van der Waals surface area (Å²) < 4.78 is 0. The molecule has 0 fully saturated rings. The van der Waals surface area contributed by atoms with Crippen molar-refractivity contribution in [1.82, 2.24) is 15.3 Å². The van der Waals surface area contributed by atoms with Gasteiger partial charge in [-0.25, -0.2) is 4.98 Å². The van der Waals surface area contributed by atoms with Gasteiger partial charge in [-0.05, 0) is 24.5 Å². The Bertz CT molecular complexity index is 597. The zero-order valence-corrected chi connectivity index (χ0v) is 11.8. The molecule has 2 aromatic rings. The first kappa shape index (κ1) is 14.4. The number of amides is 1. The Kier molecular flexibility index (Phi) is 4.63. The van der Waals surface area contributed by atoms with Crippen molar-refractivity contribution < 1.29 is 4.79 Å². The van der Waals surface area contributed by atoms with Crippen LogP contribution in [0.2, 0.25) is 0 Å². The van der Waals surface area contributed by atoms with E-state index in [1.54, 1.807) is 0 Å². The van der Waals surface area contributed by atoms with Crippen LogP contribution in [0.4, 0.5) is 0 Å². The fourth-order valence-corrected chi connectivity index (χ4v) is 2.11. The van der Waals surface area contributed by atoms with Crippen LogP contribution in [0.25, 0.3) is 11.0 Å². The summed E-state index contributed by atoms with van der Waals surface area (Å²) in [6, 6.07) is 7.44. The number of nitrogens with two attached hydrogens (primary N) is 1. The second kappa shape index (κ2) is 6.43. The van der Waals surface area contributed by atoms with E-state index in [0.717, 1.165) is 11.9 Å². The van der Waals surface area contributed by atoms with Gasteiger partial charge in [0.2, 0.25) is 0 Å². The lowest BCUT2D eigenvalue weighted by molar-refractivity contribution is 0.0928. The third kappa shape index (κ3) is 3.51. The zero-order valence-electron chi connectivity index (χ0n) is 11.8. The molecule has 1 heterocycles. The van der Waals surface area contributed by atoms with Crippen molar-refractivity contribution in [1.29, 1.82) is 0 Å². The molecule has 5 heteroatoms. The molecule has 1 amide bonds. The van der Waals surface area contributed by atoms with Crippen molar-refractivity contribution in [2.24, 2.45) is 11.7 Å². The first-order chi connectivity index (χ1) is 9.60. The van der Waals surface area contributed by atoms with E-state index in [0.29, 0.717) is 23.7 Å². The lowest BCUT2D eigenvalue weighted by atomic mass is 10.0. The molecule has 0 aliphatic rings. The maximum Gasteiger partial charge on any atom is 0.271 e. The summed E-state index contributed by atoms with van der Waals surface area (Å²) in [5.74, 6) is 0.255. The van der Waals surface area contributed by atoms with Crippen molar-refractivity contribution in [3.05, 3.63) is 36.2 Å². The van der Waals surface area contributed by atoms with Crippen LogP contribution in [0.5, 0.6) is 0 Å². The van der Waals surface area contributed by atoms with E-state index in [1.165, 1.54) is 6.20 Å². The molecule has 0 saturated heterocycles. The van der Waals surface area contributed by atoms with E-state index in [2.05, 4.69) is 29.1 Å². The average Bonchev–Trinajstić information content (AvgIpc) is 2.45. The number of hydrogen-bond acceptors (Lipinski definition) is 4. The van der Waals surface area contributed by atoms with E-state index >= 15 is 0 Å². The summed E-state index contributed by atoms with van der Waals surface area (Å²) in [5, 5.41) is 2.91. The van der Waals surface area contributed by atoms with Gasteiger partial charge in [-0.15, -0.1) is 0 Å². The lowest BCUT2D eigenvalue weighted by Crippen LogP contribution is -2.41. The largest absolute Gasteiger partial charge is 0.347 e. The van der Waals surface area contributed by atoms with Crippen LogP contribution in [0.3, 0.4) is 0 Å². The van der Waals surface area contributed by atoms with Gasteiger partial charge in [0.25, 0.3) is 5.91 Å². The Hall–Kier alpha value is -2.01. The van der Waals surface area contributed by atoms with Crippen molar-refractivity contribution in [2.45, 2.75) is 26.3 Å². The Morgan fingerprint density at radius 2 is 2.00 bits per heavy atom. The molecule has 3 N–H and O–H groups in total. The van der Waals surface area contributed by atoms with Gasteiger partial charge >= 0.3 is 0 Å². The molecule has 1 atom stereocenters. The number of rotatable bonds is 5. The first-order valence-electron chi connectivity index (χ1n) is 6.83. The molecule has 1 aromatic heterocycles. The molecule has 0 aliphatic heterocycles. The molecular formula is C15H20N4O. The predicted molar refractivity (Wildman–Crippen MR) is 79.3 cm³/mol. The highest BCUT2D eigenvalue weighted by atomic mass is 16.1. The summed E-state index contributed by atoms with van der Waals surface area (Å²) in [5.41, 5.74) is 7.51. The van der Waals surface area contributed by atoms with Gasteiger partial charge in [0.05, 0.1) is 17.2 Å². The van der Waals surface area contributed by atoms with E-state index in [4.69, 9.17) is 5.73 Å². The summed E-state index contributed by atoms with van der Waals surface area (Å²) in [6.07, 6.45) is 2.35. The summed E-state index contributed by atoms with van der Waals surface area (Å²) in [4.78, 5) is 20.7. The average molecular weight is 272 g/mol. The van der Waals surface area contributed by atoms with Crippen LogP contribution in [0.1, 0.15) is 30.8 Å². The molecule has 106 valence electrons. The number of carbonyl (C=O) groups is 1. The Balaban J connectivity index is 2.14. The van der Waals surface area contributed by atoms with E-state index in [1.807, 2.05) is 24.3 Å². The van der Waals surface area contributed by atoms with Gasteiger partial charge < -0.3 is 11.1 Å². The number of fused-ring (bicyclic) bond motifs is 1. The minimum Gasteiger partial charge on any atom is -0.347 e. The fourth-order valence-electron chi connectivity index (χ4n) is 2.11. The molecule has 0 aliphatic carbocycles. The van der Waals surface area contributed by atoms with Crippen molar-refractivity contribution in [2.75, 3.05) is 6.54 Å². The van der Waals surface area contributed by atoms with E-state index < -0.39 is 0 Å². The normalized spacial score (nSPS) is 12.6. The number of hydrogen-bond donors (Lipinski definition) is 2. The van der Waals surface area contributed by atoms with Gasteiger partial charge in [-0.2, -0.15) is 0 Å². The van der Waals surface area contributed by atoms with Gasteiger partial charge in [-0.3, -0.25) is 9.78 Å². The molecule has 0 radical (unpaired) electrons. The minimum atomic E-state index is -0.223. The van der Waals surface area contributed by atoms with Crippen molar-refractivity contribution in [3.8, 4) is 0 Å². The van der Waals surface area contributed by atoms with E-state index in [-0.39, 0.29) is 11.9 Å². The van der Waals surface area contributed by atoms with Crippen LogP contribution in [0, 0.1) is 5.92 Å².